The standard InChI is InChI=1S/C37H40N2O6.H2S/c1-38-14-12-24-19-32(41-3)33-21-27(24)28(38)16-22-6-9-26(10-7-22)44-31-18-23(8-11-30(31)40)17-29-35-25(13-15-39(29)2)20-34(42-4)36(43-5)37(35)45-33;/h6-11,18-21,28-29,40H,12-17H2,1-5H3;1H2/t28-,29+;/m0./s1. The molecule has 1 N–H and O–H groups in total. The zero-order valence-corrected chi connectivity index (χ0v) is 28.1. The van der Waals surface area contributed by atoms with Crippen LogP contribution in [0, 0.1) is 0 Å². The highest BCUT2D eigenvalue weighted by Gasteiger charge is 2.34. The van der Waals surface area contributed by atoms with Gasteiger partial charge in [-0.15, -0.1) is 0 Å². The lowest BCUT2D eigenvalue weighted by Gasteiger charge is -2.37. The van der Waals surface area contributed by atoms with Crippen molar-refractivity contribution in [2.24, 2.45) is 0 Å². The minimum atomic E-state index is -0.0402. The number of rotatable bonds is 3. The van der Waals surface area contributed by atoms with E-state index in [2.05, 4.69) is 54.2 Å². The highest BCUT2D eigenvalue weighted by atomic mass is 32.1. The number of fused-ring (bicyclic) bond motifs is 2. The van der Waals surface area contributed by atoms with E-state index in [9.17, 15) is 5.11 Å². The van der Waals surface area contributed by atoms with Gasteiger partial charge in [-0.2, -0.15) is 13.5 Å². The molecule has 6 bridgehead atoms. The van der Waals surface area contributed by atoms with Crippen molar-refractivity contribution < 1.29 is 28.8 Å². The molecule has 0 saturated heterocycles. The Morgan fingerprint density at radius 1 is 0.696 bits per heavy atom. The van der Waals surface area contributed by atoms with E-state index in [1.54, 1.807) is 27.4 Å². The Morgan fingerprint density at radius 2 is 1.35 bits per heavy atom. The van der Waals surface area contributed by atoms with Gasteiger partial charge in [0.15, 0.2) is 34.5 Å². The third kappa shape index (κ3) is 5.72. The first-order valence-electron chi connectivity index (χ1n) is 15.5. The van der Waals surface area contributed by atoms with Crippen LogP contribution in [0.1, 0.15) is 45.5 Å². The predicted molar refractivity (Wildman–Crippen MR) is 183 cm³/mol. The van der Waals surface area contributed by atoms with Crippen LogP contribution >= 0.6 is 13.5 Å². The molecule has 2 atom stereocenters. The van der Waals surface area contributed by atoms with Crippen molar-refractivity contribution in [3.05, 3.63) is 94.0 Å². The molecule has 0 fully saturated rings. The molecule has 0 aliphatic carbocycles. The number of methoxy groups -OCH3 is 3. The van der Waals surface area contributed by atoms with Crippen LogP contribution in [0.25, 0.3) is 0 Å². The average Bonchev–Trinajstić information content (AvgIpc) is 3.05. The van der Waals surface area contributed by atoms with Gasteiger partial charge in [0.05, 0.1) is 21.3 Å². The van der Waals surface area contributed by atoms with Gasteiger partial charge in [-0.25, -0.2) is 0 Å². The van der Waals surface area contributed by atoms with E-state index in [-0.39, 0.29) is 31.3 Å². The van der Waals surface area contributed by atoms with Crippen molar-refractivity contribution in [2.75, 3.05) is 48.5 Å². The van der Waals surface area contributed by atoms with Crippen LogP contribution in [0.15, 0.2) is 60.7 Å². The van der Waals surface area contributed by atoms with Crippen LogP contribution in [0.3, 0.4) is 0 Å². The number of benzene rings is 4. The summed E-state index contributed by atoms with van der Waals surface area (Å²) in [4.78, 5) is 4.75. The zero-order chi connectivity index (χ0) is 31.2. The van der Waals surface area contributed by atoms with E-state index >= 15 is 0 Å². The molecule has 4 aromatic carbocycles. The van der Waals surface area contributed by atoms with Gasteiger partial charge in [0.2, 0.25) is 5.75 Å². The zero-order valence-electron chi connectivity index (χ0n) is 27.1. The van der Waals surface area contributed by atoms with Gasteiger partial charge >= 0.3 is 0 Å². The van der Waals surface area contributed by atoms with E-state index in [4.69, 9.17) is 23.7 Å². The van der Waals surface area contributed by atoms with Crippen molar-refractivity contribution in [3.8, 4) is 46.0 Å². The maximum absolute atomic E-state index is 10.7. The second-order valence-electron chi connectivity index (χ2n) is 12.3. The minimum Gasteiger partial charge on any atom is -0.504 e. The predicted octanol–water partition coefficient (Wildman–Crippen LogP) is 6.97. The number of hydrogen-bond acceptors (Lipinski definition) is 8. The first-order chi connectivity index (χ1) is 21.9. The fourth-order valence-electron chi connectivity index (χ4n) is 7.11. The van der Waals surface area contributed by atoms with Crippen molar-refractivity contribution >= 4 is 13.5 Å². The van der Waals surface area contributed by atoms with E-state index in [0.717, 1.165) is 49.0 Å². The van der Waals surface area contributed by atoms with Crippen LogP contribution in [-0.2, 0) is 25.7 Å². The summed E-state index contributed by atoms with van der Waals surface area (Å²) in [6.45, 7) is 1.82. The minimum absolute atomic E-state index is 0. The molecule has 4 aliphatic rings. The number of phenols is 1. The topological polar surface area (TPSA) is 72.9 Å². The summed E-state index contributed by atoms with van der Waals surface area (Å²) in [7, 11) is 9.33. The van der Waals surface area contributed by atoms with Crippen LogP contribution in [-0.4, -0.2) is 63.4 Å². The van der Waals surface area contributed by atoms with Gasteiger partial charge in [-0.05, 0) is 110 Å². The van der Waals surface area contributed by atoms with Crippen molar-refractivity contribution in [1.82, 2.24) is 9.80 Å². The quantitative estimate of drug-likeness (QED) is 0.257. The summed E-state index contributed by atoms with van der Waals surface area (Å²) in [6.07, 6.45) is 3.25. The fraction of sp³-hybridized carbons (Fsp3) is 0.351. The Kier molecular flexibility index (Phi) is 9.01. The molecule has 0 spiro atoms. The number of phenolic OH excluding ortho intramolecular Hbond substituents is 1. The van der Waals surface area contributed by atoms with Gasteiger partial charge in [-0.1, -0.05) is 18.2 Å². The molecule has 46 heavy (non-hydrogen) atoms. The number of likely N-dealkylation sites (N-methyl/N-ethyl adjacent to an activating group) is 2. The van der Waals surface area contributed by atoms with Crippen molar-refractivity contribution in [1.29, 1.82) is 0 Å². The summed E-state index contributed by atoms with van der Waals surface area (Å²) in [5, 5.41) is 10.7. The maximum Gasteiger partial charge on any atom is 0.204 e. The Labute approximate surface area is 277 Å². The Bertz CT molecular complexity index is 1740. The second-order valence-corrected chi connectivity index (χ2v) is 12.3. The first-order valence-corrected chi connectivity index (χ1v) is 15.5. The van der Waals surface area contributed by atoms with Gasteiger partial charge < -0.3 is 28.8 Å². The number of hydrogen-bond donors (Lipinski definition) is 1. The molecule has 0 unspecified atom stereocenters. The van der Waals surface area contributed by atoms with Gasteiger partial charge in [0.25, 0.3) is 0 Å². The first kappa shape index (κ1) is 31.9. The molecule has 4 aromatic rings. The molecular formula is C37H42N2O6S. The number of aromatic hydroxyl groups is 1. The summed E-state index contributed by atoms with van der Waals surface area (Å²) in [5.74, 6) is 4.37. The fourth-order valence-corrected chi connectivity index (χ4v) is 7.11. The van der Waals surface area contributed by atoms with Gasteiger partial charge in [0, 0.05) is 30.7 Å². The summed E-state index contributed by atoms with van der Waals surface area (Å²) >= 11 is 0. The van der Waals surface area contributed by atoms with E-state index in [0.29, 0.717) is 46.7 Å². The summed E-state index contributed by atoms with van der Waals surface area (Å²) in [5.41, 5.74) is 6.93. The highest BCUT2D eigenvalue weighted by molar-refractivity contribution is 7.59. The lowest BCUT2D eigenvalue weighted by molar-refractivity contribution is 0.220. The van der Waals surface area contributed by atoms with Crippen molar-refractivity contribution in [2.45, 2.75) is 37.8 Å². The van der Waals surface area contributed by atoms with Gasteiger partial charge in [-0.3, -0.25) is 9.80 Å². The normalized spacial score (nSPS) is 19.0. The highest BCUT2D eigenvalue weighted by Crippen LogP contribution is 2.52. The smallest absolute Gasteiger partial charge is 0.204 e. The molecule has 0 aromatic heterocycles. The van der Waals surface area contributed by atoms with Crippen LogP contribution in [0.4, 0.5) is 0 Å². The Morgan fingerprint density at radius 3 is 2.07 bits per heavy atom. The SMILES string of the molecule is COc1cc2c3cc1Oc1c(OC)c(OC)cc4c1[C@@H](Cc1ccc(O)c(c1)Oc1ccc(cc1)C[C@@H]3N(C)CC2)N(C)CC4.S. The number of nitrogens with zero attached hydrogens (tertiary/aromatic N) is 2. The molecule has 4 heterocycles. The molecule has 242 valence electrons. The maximum atomic E-state index is 10.7. The van der Waals surface area contributed by atoms with Gasteiger partial charge in [0.1, 0.15) is 5.75 Å². The van der Waals surface area contributed by atoms with Crippen LogP contribution in [0.5, 0.6) is 46.0 Å². The summed E-state index contributed by atoms with van der Waals surface area (Å²) < 4.78 is 31.0. The third-order valence-electron chi connectivity index (χ3n) is 9.64. The van der Waals surface area contributed by atoms with E-state index in [1.165, 1.54) is 16.7 Å². The molecule has 0 saturated carbocycles. The molecule has 0 radical (unpaired) electrons. The second kappa shape index (κ2) is 13.0. The lowest BCUT2D eigenvalue weighted by Crippen LogP contribution is -2.34. The van der Waals surface area contributed by atoms with Crippen LogP contribution < -0.4 is 23.7 Å². The molecule has 8 rings (SSSR count). The largest absolute Gasteiger partial charge is 0.504 e. The third-order valence-corrected chi connectivity index (χ3v) is 9.64. The monoisotopic (exact) mass is 642 g/mol. The molecule has 4 aliphatic heterocycles. The lowest BCUT2D eigenvalue weighted by atomic mass is 9.87. The molecule has 0 amide bonds. The summed E-state index contributed by atoms with van der Waals surface area (Å²) in [6, 6.07) is 20.3. The van der Waals surface area contributed by atoms with Crippen LogP contribution in [0.2, 0.25) is 0 Å². The van der Waals surface area contributed by atoms with E-state index < -0.39 is 0 Å². The average molecular weight is 643 g/mol. The molecule has 9 heteroatoms. The van der Waals surface area contributed by atoms with E-state index in [1.807, 2.05) is 24.3 Å². The number of ether oxygens (including phenoxy) is 5. The Balaban J connectivity index is 0.00000372. The molecular weight excluding hydrogens is 600 g/mol. The Hall–Kier alpha value is -4.05. The van der Waals surface area contributed by atoms with Crippen molar-refractivity contribution in [3.63, 3.8) is 0 Å². The molecule has 8 nitrogen and oxygen atoms in total.